The lowest BCUT2D eigenvalue weighted by atomic mass is 9.89. The first-order valence-electron chi connectivity index (χ1n) is 5.22. The summed E-state index contributed by atoms with van der Waals surface area (Å²) in [7, 11) is 0. The Kier molecular flexibility index (Phi) is 4.36. The van der Waals surface area contributed by atoms with Gasteiger partial charge in [-0.3, -0.25) is 0 Å². The number of allylic oxidation sites excluding steroid dienone is 2. The van der Waals surface area contributed by atoms with Gasteiger partial charge in [0, 0.05) is 18.4 Å². The zero-order valence-corrected chi connectivity index (χ0v) is 9.16. The third kappa shape index (κ3) is 3.28. The van der Waals surface area contributed by atoms with Crippen LogP contribution >= 0.6 is 0 Å². The first kappa shape index (κ1) is 11.5. The van der Waals surface area contributed by atoms with Gasteiger partial charge in [0.25, 0.3) is 0 Å². The largest absolute Gasteiger partial charge is 0.353 e. The molecule has 1 saturated heterocycles. The minimum absolute atomic E-state index is 0.0154. The van der Waals surface area contributed by atoms with Crippen LogP contribution in [0.5, 0.6) is 0 Å². The predicted octanol–water partition coefficient (Wildman–Crippen LogP) is 2.91. The highest BCUT2D eigenvalue weighted by atomic mass is 16.7. The van der Waals surface area contributed by atoms with Gasteiger partial charge in [0.15, 0.2) is 6.29 Å². The highest BCUT2D eigenvalue weighted by Crippen LogP contribution is 2.34. The second-order valence-corrected chi connectivity index (χ2v) is 3.98. The Morgan fingerprint density at radius 3 is 3.07 bits per heavy atom. The van der Waals surface area contributed by atoms with E-state index in [1.54, 1.807) is 0 Å². The standard InChI is InChI=1S/C12H20O2/c1-4-6-7-8-12(3)9-11(13-5-2)14-10-12/h4,7-8,11H,1,5-6,9-10H2,2-3H3/b8-7+/t11-,12-/m1/s1. The molecule has 1 fully saturated rings. The van der Waals surface area contributed by atoms with Crippen molar-refractivity contribution in [3.05, 3.63) is 24.8 Å². The van der Waals surface area contributed by atoms with E-state index < -0.39 is 0 Å². The van der Waals surface area contributed by atoms with Crippen molar-refractivity contribution in [1.82, 2.24) is 0 Å². The lowest BCUT2D eigenvalue weighted by molar-refractivity contribution is -0.106. The quantitative estimate of drug-likeness (QED) is 0.629. The fourth-order valence-electron chi connectivity index (χ4n) is 1.64. The highest BCUT2D eigenvalue weighted by Gasteiger charge is 2.34. The Hall–Kier alpha value is -0.600. The summed E-state index contributed by atoms with van der Waals surface area (Å²) in [6.45, 7) is 9.35. The third-order valence-electron chi connectivity index (χ3n) is 2.41. The molecule has 1 aliphatic rings. The van der Waals surface area contributed by atoms with E-state index >= 15 is 0 Å². The SMILES string of the molecule is C=CC/C=C/[C@@]1(C)CO[C@@H](OCC)C1. The van der Waals surface area contributed by atoms with Gasteiger partial charge in [-0.25, -0.2) is 0 Å². The molecule has 2 nitrogen and oxygen atoms in total. The molecule has 1 heterocycles. The third-order valence-corrected chi connectivity index (χ3v) is 2.41. The van der Waals surface area contributed by atoms with Crippen molar-refractivity contribution >= 4 is 0 Å². The Labute approximate surface area is 86.6 Å². The van der Waals surface area contributed by atoms with E-state index in [0.717, 1.165) is 26.1 Å². The molecule has 0 aliphatic carbocycles. The van der Waals surface area contributed by atoms with Crippen molar-refractivity contribution in [2.45, 2.75) is 33.0 Å². The van der Waals surface area contributed by atoms with E-state index in [9.17, 15) is 0 Å². The van der Waals surface area contributed by atoms with Crippen molar-refractivity contribution in [3.8, 4) is 0 Å². The van der Waals surface area contributed by atoms with Crippen LogP contribution < -0.4 is 0 Å². The fourth-order valence-corrected chi connectivity index (χ4v) is 1.64. The number of hydrogen-bond acceptors (Lipinski definition) is 2. The molecule has 1 aliphatic heterocycles. The molecular formula is C12H20O2. The maximum absolute atomic E-state index is 5.54. The van der Waals surface area contributed by atoms with Crippen molar-refractivity contribution in [2.24, 2.45) is 5.41 Å². The minimum Gasteiger partial charge on any atom is -0.353 e. The van der Waals surface area contributed by atoms with E-state index in [1.807, 2.05) is 13.0 Å². The van der Waals surface area contributed by atoms with Crippen LogP contribution in [0.15, 0.2) is 24.8 Å². The summed E-state index contributed by atoms with van der Waals surface area (Å²) in [5.74, 6) is 0. The minimum atomic E-state index is -0.0154. The number of rotatable bonds is 5. The van der Waals surface area contributed by atoms with Gasteiger partial charge in [-0.15, -0.1) is 6.58 Å². The smallest absolute Gasteiger partial charge is 0.158 e. The first-order chi connectivity index (χ1) is 6.70. The number of ether oxygens (including phenoxy) is 2. The monoisotopic (exact) mass is 196 g/mol. The van der Waals surface area contributed by atoms with Gasteiger partial charge in [0.1, 0.15) is 0 Å². The van der Waals surface area contributed by atoms with E-state index in [4.69, 9.17) is 9.47 Å². The first-order valence-corrected chi connectivity index (χ1v) is 5.22. The van der Waals surface area contributed by atoms with Gasteiger partial charge >= 0.3 is 0 Å². The molecule has 2 atom stereocenters. The van der Waals surface area contributed by atoms with Crippen LogP contribution in [0.2, 0.25) is 0 Å². The fraction of sp³-hybridized carbons (Fsp3) is 0.667. The normalized spacial score (nSPS) is 32.6. The van der Waals surface area contributed by atoms with Gasteiger partial charge in [0.2, 0.25) is 0 Å². The van der Waals surface area contributed by atoms with Gasteiger partial charge in [0.05, 0.1) is 6.61 Å². The maximum Gasteiger partial charge on any atom is 0.158 e. The van der Waals surface area contributed by atoms with E-state index in [2.05, 4.69) is 25.7 Å². The zero-order chi connectivity index (χ0) is 10.4. The predicted molar refractivity (Wildman–Crippen MR) is 58.0 cm³/mol. The molecule has 0 radical (unpaired) electrons. The molecule has 0 saturated carbocycles. The van der Waals surface area contributed by atoms with Gasteiger partial charge in [-0.1, -0.05) is 25.2 Å². The average Bonchev–Trinajstić information content (AvgIpc) is 2.49. The van der Waals surface area contributed by atoms with Crippen molar-refractivity contribution in [1.29, 1.82) is 0 Å². The lowest BCUT2D eigenvalue weighted by Crippen LogP contribution is -2.14. The molecule has 0 aromatic heterocycles. The zero-order valence-electron chi connectivity index (χ0n) is 9.16. The molecule has 0 unspecified atom stereocenters. The Bertz CT molecular complexity index is 210. The van der Waals surface area contributed by atoms with Crippen LogP contribution in [0, 0.1) is 5.41 Å². The van der Waals surface area contributed by atoms with Crippen LogP contribution in [-0.2, 0) is 9.47 Å². The van der Waals surface area contributed by atoms with Crippen LogP contribution in [0.25, 0.3) is 0 Å². The summed E-state index contributed by atoms with van der Waals surface area (Å²) in [5, 5.41) is 0. The molecule has 0 amide bonds. The molecule has 0 aromatic rings. The van der Waals surface area contributed by atoms with Gasteiger partial charge in [-0.2, -0.15) is 0 Å². The summed E-state index contributed by atoms with van der Waals surface area (Å²) in [6.07, 6.45) is 8.12. The summed E-state index contributed by atoms with van der Waals surface area (Å²) < 4.78 is 11.0. The van der Waals surface area contributed by atoms with Crippen molar-refractivity contribution < 1.29 is 9.47 Å². The maximum atomic E-state index is 5.54. The molecule has 2 heteroatoms. The van der Waals surface area contributed by atoms with Crippen LogP contribution in [0.3, 0.4) is 0 Å². The molecule has 0 spiro atoms. The highest BCUT2D eigenvalue weighted by molar-refractivity contribution is 5.02. The molecule has 1 rings (SSSR count). The van der Waals surface area contributed by atoms with Gasteiger partial charge < -0.3 is 9.47 Å². The summed E-state index contributed by atoms with van der Waals surface area (Å²) >= 11 is 0. The van der Waals surface area contributed by atoms with Crippen LogP contribution in [0.4, 0.5) is 0 Å². The Balaban J connectivity index is 2.40. The Morgan fingerprint density at radius 2 is 2.43 bits per heavy atom. The molecule has 0 bridgehead atoms. The molecular weight excluding hydrogens is 176 g/mol. The van der Waals surface area contributed by atoms with Crippen LogP contribution in [-0.4, -0.2) is 19.5 Å². The Morgan fingerprint density at radius 1 is 1.64 bits per heavy atom. The van der Waals surface area contributed by atoms with Crippen LogP contribution in [0.1, 0.15) is 26.7 Å². The van der Waals surface area contributed by atoms with Crippen molar-refractivity contribution in [2.75, 3.05) is 13.2 Å². The summed E-state index contributed by atoms with van der Waals surface area (Å²) in [6, 6.07) is 0. The number of hydrogen-bond donors (Lipinski definition) is 0. The van der Waals surface area contributed by atoms with E-state index in [-0.39, 0.29) is 11.7 Å². The lowest BCUT2D eigenvalue weighted by Gasteiger charge is -2.16. The second-order valence-electron chi connectivity index (χ2n) is 3.98. The van der Waals surface area contributed by atoms with E-state index in [1.165, 1.54) is 0 Å². The topological polar surface area (TPSA) is 18.5 Å². The molecule has 14 heavy (non-hydrogen) atoms. The molecule has 0 N–H and O–H groups in total. The molecule has 0 aromatic carbocycles. The summed E-state index contributed by atoms with van der Waals surface area (Å²) in [4.78, 5) is 0. The van der Waals surface area contributed by atoms with E-state index in [0.29, 0.717) is 0 Å². The second kappa shape index (κ2) is 5.32. The van der Waals surface area contributed by atoms with Crippen molar-refractivity contribution in [3.63, 3.8) is 0 Å². The molecule has 80 valence electrons. The summed E-state index contributed by atoms with van der Waals surface area (Å²) in [5.41, 5.74) is 0.142. The van der Waals surface area contributed by atoms with Gasteiger partial charge in [-0.05, 0) is 13.3 Å². The average molecular weight is 196 g/mol.